The van der Waals surface area contributed by atoms with Gasteiger partial charge in [-0.2, -0.15) is 0 Å². The number of anilines is 1. The second kappa shape index (κ2) is 11.2. The lowest BCUT2D eigenvalue weighted by molar-refractivity contribution is -0.0609. The molecule has 6 N–H and O–H groups in total. The zero-order valence-corrected chi connectivity index (χ0v) is 25.6. The Bertz CT molecular complexity index is 1890. The van der Waals surface area contributed by atoms with Crippen LogP contribution in [0.2, 0.25) is 0 Å². The molecule has 18 nitrogen and oxygen atoms in total. The average Bonchev–Trinajstić information content (AvgIpc) is 3.75. The normalized spacial score (nSPS) is 38.3. The number of imidazole rings is 2. The van der Waals surface area contributed by atoms with Gasteiger partial charge in [-0.15, -0.1) is 0 Å². The summed E-state index contributed by atoms with van der Waals surface area (Å²) >= 11 is 10.5. The molecule has 44 heavy (non-hydrogen) atoms. The highest BCUT2D eigenvalue weighted by Crippen LogP contribution is 2.54. The van der Waals surface area contributed by atoms with E-state index in [1.807, 2.05) is 0 Å². The summed E-state index contributed by atoms with van der Waals surface area (Å²) in [5.74, 6) is 0.152. The number of nitrogens with zero attached hydrogens (tertiary/aromatic N) is 6. The molecule has 4 aromatic heterocycles. The van der Waals surface area contributed by atoms with Crippen molar-refractivity contribution in [3.8, 4) is 0 Å². The maximum atomic E-state index is 12.3. The van der Waals surface area contributed by atoms with Gasteiger partial charge in [0.1, 0.15) is 42.1 Å². The number of nitrogens with two attached hydrogens (primary N) is 1. The molecule has 3 aliphatic rings. The Hall–Kier alpha value is -2.26. The number of rotatable bonds is 2. The zero-order chi connectivity index (χ0) is 31.0. The first-order chi connectivity index (χ1) is 20.9. The van der Waals surface area contributed by atoms with Crippen LogP contribution in [0, 0.1) is 0 Å². The second-order valence-electron chi connectivity index (χ2n) is 10.2. The SMILES string of the molecule is Nc1ccnc2c1ncn2[C@@H]1O[C@@H]2COP(O)(=S)O[C@@H]3[C@H](O)[C@@H](COP(O)(=S)O[C@H]2[C@H]1O)O[C@H]3n1ccc(=O)n2ccnc12. The number of aromatic nitrogens is 6. The molecule has 7 heterocycles. The summed E-state index contributed by atoms with van der Waals surface area (Å²) in [5.41, 5.74) is 6.66. The Morgan fingerprint density at radius 2 is 1.57 bits per heavy atom. The van der Waals surface area contributed by atoms with Gasteiger partial charge in [0, 0.05) is 30.9 Å². The van der Waals surface area contributed by atoms with Crippen molar-refractivity contribution in [2.24, 2.45) is 0 Å². The summed E-state index contributed by atoms with van der Waals surface area (Å²) in [4.78, 5) is 47.1. The minimum atomic E-state index is -4.17. The van der Waals surface area contributed by atoms with Crippen LogP contribution in [0.5, 0.6) is 0 Å². The Labute approximate surface area is 257 Å². The highest BCUT2D eigenvalue weighted by molar-refractivity contribution is 8.07. The van der Waals surface area contributed by atoms with Crippen molar-refractivity contribution in [2.45, 2.75) is 49.1 Å². The third-order valence-electron chi connectivity index (χ3n) is 7.44. The van der Waals surface area contributed by atoms with Crippen LogP contribution < -0.4 is 11.3 Å². The molecular formula is C22H25N7O11P2S2. The number of pyridine rings is 1. The highest BCUT2D eigenvalue weighted by Gasteiger charge is 2.52. The fourth-order valence-corrected chi connectivity index (χ4v) is 8.26. The van der Waals surface area contributed by atoms with E-state index in [2.05, 4.69) is 15.0 Å². The van der Waals surface area contributed by atoms with Crippen molar-refractivity contribution in [3.63, 3.8) is 0 Å². The van der Waals surface area contributed by atoms with Gasteiger partial charge in [-0.05, 0) is 29.7 Å². The first kappa shape index (κ1) is 30.4. The fourth-order valence-electron chi connectivity index (χ4n) is 5.40. The number of hydrogen-bond acceptors (Lipinski definition) is 15. The van der Waals surface area contributed by atoms with Gasteiger partial charge in [0.15, 0.2) is 18.1 Å². The van der Waals surface area contributed by atoms with E-state index in [1.165, 1.54) is 50.7 Å². The van der Waals surface area contributed by atoms with E-state index in [4.69, 9.17) is 56.9 Å². The van der Waals surface area contributed by atoms with Gasteiger partial charge in [-0.25, -0.2) is 15.0 Å². The van der Waals surface area contributed by atoms with E-state index in [-0.39, 0.29) is 11.3 Å². The first-order valence-electron chi connectivity index (χ1n) is 13.0. The van der Waals surface area contributed by atoms with Crippen molar-refractivity contribution in [1.29, 1.82) is 0 Å². The third-order valence-corrected chi connectivity index (χ3v) is 10.6. The van der Waals surface area contributed by atoms with Gasteiger partial charge in [0.05, 0.1) is 25.2 Å². The van der Waals surface area contributed by atoms with Crippen LogP contribution in [0.25, 0.3) is 16.9 Å². The van der Waals surface area contributed by atoms with Crippen LogP contribution in [-0.4, -0.2) is 98.3 Å². The average molecular weight is 690 g/mol. The van der Waals surface area contributed by atoms with Gasteiger partial charge in [-0.3, -0.25) is 27.4 Å². The van der Waals surface area contributed by atoms with E-state index >= 15 is 0 Å². The molecule has 3 saturated heterocycles. The lowest BCUT2D eigenvalue weighted by atomic mass is 10.1. The molecule has 10 atom stereocenters. The molecule has 0 aliphatic carbocycles. The van der Waals surface area contributed by atoms with E-state index in [9.17, 15) is 24.8 Å². The lowest BCUT2D eigenvalue weighted by Gasteiger charge is -2.28. The largest absolute Gasteiger partial charge is 0.397 e. The summed E-state index contributed by atoms with van der Waals surface area (Å²) in [5, 5.41) is 22.5. The smallest absolute Gasteiger partial charge is 0.325 e. The van der Waals surface area contributed by atoms with E-state index in [1.54, 1.807) is 6.07 Å². The summed E-state index contributed by atoms with van der Waals surface area (Å²) in [7, 11) is 0. The van der Waals surface area contributed by atoms with Gasteiger partial charge < -0.3 is 44.3 Å². The van der Waals surface area contributed by atoms with Gasteiger partial charge >= 0.3 is 13.4 Å². The number of hydrogen-bond donors (Lipinski definition) is 5. The van der Waals surface area contributed by atoms with Gasteiger partial charge in [0.25, 0.3) is 5.56 Å². The van der Waals surface area contributed by atoms with E-state index < -0.39 is 75.7 Å². The van der Waals surface area contributed by atoms with Crippen LogP contribution in [-0.2, 0) is 51.2 Å². The Kier molecular flexibility index (Phi) is 7.75. The van der Waals surface area contributed by atoms with Crippen LogP contribution >= 0.6 is 13.4 Å². The topological polar surface area (TPSA) is 232 Å². The maximum Gasteiger partial charge on any atom is 0.325 e. The van der Waals surface area contributed by atoms with Crippen LogP contribution in [0.4, 0.5) is 5.69 Å². The van der Waals surface area contributed by atoms with Crippen molar-refractivity contribution in [2.75, 3.05) is 18.9 Å². The predicted octanol–water partition coefficient (Wildman–Crippen LogP) is -0.710. The Morgan fingerprint density at radius 3 is 2.34 bits per heavy atom. The number of ether oxygens (including phenoxy) is 2. The standard InChI is InChI=1S/C22H25N7O11P2S2/c23-10-1-3-24-19-14(10)26-9-29(19)20-16(32)17-12(38-20)8-36-42(34,44)40-18-15(31)11(7-35-41(33,43)39-17)37-21(18)28-5-2-13(30)27-6-4-25-22(27)28/h1-6,9,11-12,15-18,20-21,31-32H,7-8H2,(H2,23,24)(H,33,43)(H,34,44)/t11-,12-,15-,16-,17-,18-,20-,21-,41?,42?/m1/s1. The molecule has 7 rings (SSSR count). The molecule has 22 heteroatoms. The minimum Gasteiger partial charge on any atom is -0.397 e. The molecule has 0 amide bonds. The highest BCUT2D eigenvalue weighted by atomic mass is 32.5. The zero-order valence-electron chi connectivity index (χ0n) is 22.2. The lowest BCUT2D eigenvalue weighted by Crippen LogP contribution is -2.36. The van der Waals surface area contributed by atoms with E-state index in [0.717, 1.165) is 0 Å². The molecule has 0 saturated carbocycles. The fraction of sp³-hybridized carbons (Fsp3) is 0.455. The molecular weight excluding hydrogens is 664 g/mol. The Balaban J connectivity index is 1.21. The van der Waals surface area contributed by atoms with Crippen LogP contribution in [0.3, 0.4) is 0 Å². The second-order valence-corrected chi connectivity index (χ2v) is 15.7. The van der Waals surface area contributed by atoms with Crippen molar-refractivity contribution < 1.29 is 47.6 Å². The Morgan fingerprint density at radius 1 is 0.864 bits per heavy atom. The predicted molar refractivity (Wildman–Crippen MR) is 156 cm³/mol. The van der Waals surface area contributed by atoms with Crippen molar-refractivity contribution >= 4 is 59.7 Å². The number of nitrogen functional groups attached to an aromatic ring is 1. The van der Waals surface area contributed by atoms with Crippen LogP contribution in [0.1, 0.15) is 12.5 Å². The van der Waals surface area contributed by atoms with Crippen molar-refractivity contribution in [1.82, 2.24) is 28.5 Å². The third kappa shape index (κ3) is 5.33. The van der Waals surface area contributed by atoms with Gasteiger partial charge in [0.2, 0.25) is 5.78 Å². The molecule has 0 spiro atoms. The summed E-state index contributed by atoms with van der Waals surface area (Å²) in [6.07, 6.45) is -3.27. The summed E-state index contributed by atoms with van der Waals surface area (Å²) in [6.45, 7) is -9.29. The monoisotopic (exact) mass is 689 g/mol. The molecule has 3 fully saturated rings. The van der Waals surface area contributed by atoms with Gasteiger partial charge in [-0.1, -0.05) is 0 Å². The molecule has 2 bridgehead atoms. The molecule has 236 valence electrons. The first-order valence-corrected chi connectivity index (χ1v) is 18.2. The molecule has 4 aromatic rings. The van der Waals surface area contributed by atoms with Crippen molar-refractivity contribution in [3.05, 3.63) is 53.6 Å². The maximum absolute atomic E-state index is 12.3. The molecule has 0 radical (unpaired) electrons. The summed E-state index contributed by atoms with van der Waals surface area (Å²) in [6, 6.07) is 2.82. The number of aliphatic hydroxyl groups excluding tert-OH is 2. The molecule has 2 unspecified atom stereocenters. The minimum absolute atomic E-state index is 0.152. The number of fused-ring (bicyclic) bond motifs is 5. The number of aliphatic hydroxyl groups is 2. The molecule has 0 aromatic carbocycles. The molecule has 3 aliphatic heterocycles. The summed E-state index contributed by atoms with van der Waals surface area (Å²) < 4.78 is 38.8. The van der Waals surface area contributed by atoms with E-state index in [0.29, 0.717) is 16.9 Å². The quantitative estimate of drug-likeness (QED) is 0.164. The van der Waals surface area contributed by atoms with Crippen LogP contribution in [0.15, 0.2) is 48.0 Å².